The first-order chi connectivity index (χ1) is 9.35. The summed E-state index contributed by atoms with van der Waals surface area (Å²) in [6, 6.07) is 0. The van der Waals surface area contributed by atoms with Gasteiger partial charge in [-0.3, -0.25) is 0 Å². The maximum Gasteiger partial charge on any atom is 0.0701 e. The maximum absolute atomic E-state index is 5.53. The number of hydrogen-bond donors (Lipinski definition) is 0. The molecule has 0 fully saturated rings. The van der Waals surface area contributed by atoms with Crippen LogP contribution in [0.25, 0.3) is 0 Å². The van der Waals surface area contributed by atoms with E-state index in [1.54, 1.807) is 0 Å². The van der Waals surface area contributed by atoms with Crippen molar-refractivity contribution in [2.24, 2.45) is 0 Å². The van der Waals surface area contributed by atoms with Crippen molar-refractivity contribution in [2.75, 3.05) is 64.6 Å². The number of likely N-dealkylation sites (N-methyl/N-ethyl adjacent to an activating group) is 1. The van der Waals surface area contributed by atoms with Crippen molar-refractivity contribution in [3.63, 3.8) is 0 Å². The molecule has 5 heteroatoms. The van der Waals surface area contributed by atoms with E-state index in [-0.39, 0.29) is 0 Å². The molecule has 0 bridgehead atoms. The van der Waals surface area contributed by atoms with Crippen molar-refractivity contribution in [1.82, 2.24) is 4.90 Å². The molecule has 0 aliphatic carbocycles. The van der Waals surface area contributed by atoms with Crippen molar-refractivity contribution in [3.8, 4) is 0 Å². The molecule has 0 amide bonds. The van der Waals surface area contributed by atoms with Gasteiger partial charge in [-0.25, -0.2) is 0 Å². The average Bonchev–Trinajstić information content (AvgIpc) is 2.43. The first-order valence-electron chi connectivity index (χ1n) is 7.36. The van der Waals surface area contributed by atoms with Crippen LogP contribution in [0, 0.1) is 0 Å². The molecule has 0 saturated heterocycles. The molecule has 0 aliphatic rings. The van der Waals surface area contributed by atoms with Crippen LogP contribution in [0.1, 0.15) is 26.7 Å². The molecule has 0 radical (unpaired) electrons. The number of halogens is 1. The highest BCUT2D eigenvalue weighted by Crippen LogP contribution is 1.91. The first kappa shape index (κ1) is 19.3. The lowest BCUT2D eigenvalue weighted by atomic mass is 10.4. The molecule has 0 unspecified atom stereocenters. The normalized spacial score (nSPS) is 11.4. The third-order valence-electron chi connectivity index (χ3n) is 2.79. The molecular formula is C14H30BrNO3. The smallest absolute Gasteiger partial charge is 0.0701 e. The van der Waals surface area contributed by atoms with E-state index in [9.17, 15) is 0 Å². The highest BCUT2D eigenvalue weighted by molar-refractivity contribution is 9.09. The third kappa shape index (κ3) is 14.5. The summed E-state index contributed by atoms with van der Waals surface area (Å²) in [6.07, 6.45) is 2.31. The molecule has 0 aromatic heterocycles. The van der Waals surface area contributed by atoms with Gasteiger partial charge in [0.05, 0.1) is 33.0 Å². The lowest BCUT2D eigenvalue weighted by Gasteiger charge is -2.18. The van der Waals surface area contributed by atoms with Crippen LogP contribution in [-0.2, 0) is 14.2 Å². The monoisotopic (exact) mass is 339 g/mol. The molecule has 0 heterocycles. The van der Waals surface area contributed by atoms with Crippen LogP contribution in [0.3, 0.4) is 0 Å². The second kappa shape index (κ2) is 16.4. The number of hydrogen-bond acceptors (Lipinski definition) is 4. The summed E-state index contributed by atoms with van der Waals surface area (Å²) in [7, 11) is 0. The Morgan fingerprint density at radius 1 is 0.789 bits per heavy atom. The van der Waals surface area contributed by atoms with Crippen molar-refractivity contribution in [3.05, 3.63) is 0 Å². The van der Waals surface area contributed by atoms with E-state index in [2.05, 4.69) is 34.7 Å². The number of unbranched alkanes of at least 4 members (excludes halogenated alkanes) is 1. The summed E-state index contributed by atoms with van der Waals surface area (Å²) in [5.74, 6) is 0. The summed E-state index contributed by atoms with van der Waals surface area (Å²) in [5.41, 5.74) is 0. The Morgan fingerprint density at radius 3 is 1.89 bits per heavy atom. The van der Waals surface area contributed by atoms with E-state index < -0.39 is 0 Å². The van der Waals surface area contributed by atoms with Crippen LogP contribution >= 0.6 is 15.9 Å². The Hall–Kier alpha value is 0.320. The third-order valence-corrected chi connectivity index (χ3v) is 3.14. The van der Waals surface area contributed by atoms with Gasteiger partial charge in [-0.2, -0.15) is 0 Å². The maximum atomic E-state index is 5.53. The minimum absolute atomic E-state index is 0.654. The first-order valence-corrected chi connectivity index (χ1v) is 8.48. The number of alkyl halides is 1. The average molecular weight is 340 g/mol. The molecule has 19 heavy (non-hydrogen) atoms. The number of rotatable bonds is 15. The highest BCUT2D eigenvalue weighted by Gasteiger charge is 2.00. The van der Waals surface area contributed by atoms with Gasteiger partial charge in [0, 0.05) is 25.0 Å². The molecule has 0 rings (SSSR count). The molecule has 0 aromatic rings. The Kier molecular flexibility index (Phi) is 16.7. The van der Waals surface area contributed by atoms with E-state index in [1.807, 2.05) is 0 Å². The zero-order valence-corrected chi connectivity index (χ0v) is 14.1. The van der Waals surface area contributed by atoms with Gasteiger partial charge in [-0.1, -0.05) is 36.2 Å². The molecule has 0 spiro atoms. The van der Waals surface area contributed by atoms with Crippen molar-refractivity contribution < 1.29 is 14.2 Å². The van der Waals surface area contributed by atoms with Crippen LogP contribution in [0.2, 0.25) is 0 Å². The fourth-order valence-corrected chi connectivity index (χ4v) is 2.03. The van der Waals surface area contributed by atoms with Gasteiger partial charge in [0.25, 0.3) is 0 Å². The van der Waals surface area contributed by atoms with Gasteiger partial charge >= 0.3 is 0 Å². The molecule has 0 aliphatic heterocycles. The molecular weight excluding hydrogens is 310 g/mol. The molecule has 0 aromatic carbocycles. The van der Waals surface area contributed by atoms with E-state index in [4.69, 9.17) is 14.2 Å². The van der Waals surface area contributed by atoms with Gasteiger partial charge in [-0.05, 0) is 13.0 Å². The standard InChI is InChI=1S/C14H30BrNO3/c1-3-5-9-17-11-13-19-14-12-18-10-8-16(4-2)7-6-15/h3-14H2,1-2H3. The van der Waals surface area contributed by atoms with Gasteiger partial charge in [0.1, 0.15) is 0 Å². The fourth-order valence-electron chi connectivity index (χ4n) is 1.53. The van der Waals surface area contributed by atoms with E-state index >= 15 is 0 Å². The molecule has 116 valence electrons. The molecule has 0 N–H and O–H groups in total. The van der Waals surface area contributed by atoms with Crippen molar-refractivity contribution in [1.29, 1.82) is 0 Å². The lowest BCUT2D eigenvalue weighted by molar-refractivity contribution is 0.0106. The topological polar surface area (TPSA) is 30.9 Å². The van der Waals surface area contributed by atoms with Crippen LogP contribution in [0.15, 0.2) is 0 Å². The number of nitrogens with zero attached hydrogens (tertiary/aromatic N) is 1. The minimum atomic E-state index is 0.654. The predicted molar refractivity (Wildman–Crippen MR) is 83.3 cm³/mol. The van der Waals surface area contributed by atoms with Crippen molar-refractivity contribution in [2.45, 2.75) is 26.7 Å². The summed E-state index contributed by atoms with van der Waals surface area (Å²) >= 11 is 3.45. The molecule has 0 atom stereocenters. The zero-order chi connectivity index (χ0) is 14.2. The number of ether oxygens (including phenoxy) is 3. The summed E-state index contributed by atoms with van der Waals surface area (Å²) in [4.78, 5) is 2.36. The van der Waals surface area contributed by atoms with E-state index in [0.717, 1.165) is 44.6 Å². The second-order valence-corrected chi connectivity index (χ2v) is 5.11. The quantitative estimate of drug-likeness (QED) is 0.339. The largest absolute Gasteiger partial charge is 0.379 e. The highest BCUT2D eigenvalue weighted by atomic mass is 79.9. The Bertz CT molecular complexity index is 173. The van der Waals surface area contributed by atoms with Gasteiger partial charge in [0.15, 0.2) is 0 Å². The SMILES string of the molecule is CCCCOCCOCCOCCN(CC)CCBr. The lowest BCUT2D eigenvalue weighted by Crippen LogP contribution is -2.29. The van der Waals surface area contributed by atoms with Gasteiger partial charge < -0.3 is 19.1 Å². The zero-order valence-electron chi connectivity index (χ0n) is 12.5. The second-order valence-electron chi connectivity index (χ2n) is 4.31. The van der Waals surface area contributed by atoms with Gasteiger partial charge in [-0.15, -0.1) is 0 Å². The van der Waals surface area contributed by atoms with E-state index in [1.165, 1.54) is 6.42 Å². The van der Waals surface area contributed by atoms with Crippen LogP contribution in [0.5, 0.6) is 0 Å². The molecule has 0 saturated carbocycles. The van der Waals surface area contributed by atoms with Gasteiger partial charge in [0.2, 0.25) is 0 Å². The predicted octanol–water partition coefficient (Wildman–Crippen LogP) is 2.55. The summed E-state index contributed by atoms with van der Waals surface area (Å²) in [5, 5.41) is 1.02. The van der Waals surface area contributed by atoms with Crippen LogP contribution < -0.4 is 0 Å². The van der Waals surface area contributed by atoms with Crippen LogP contribution in [0.4, 0.5) is 0 Å². The van der Waals surface area contributed by atoms with Crippen LogP contribution in [-0.4, -0.2) is 69.5 Å². The Balaban J connectivity index is 3.09. The minimum Gasteiger partial charge on any atom is -0.379 e. The van der Waals surface area contributed by atoms with E-state index in [0.29, 0.717) is 26.4 Å². The fraction of sp³-hybridized carbons (Fsp3) is 1.00. The Morgan fingerprint density at radius 2 is 1.37 bits per heavy atom. The Labute approximate surface area is 126 Å². The van der Waals surface area contributed by atoms with Crippen molar-refractivity contribution >= 4 is 15.9 Å². The summed E-state index contributed by atoms with van der Waals surface area (Å²) < 4.78 is 16.4. The molecule has 4 nitrogen and oxygen atoms in total. The summed E-state index contributed by atoms with van der Waals surface area (Å²) in [6.45, 7) is 11.8.